The first kappa shape index (κ1) is 35.0. The van der Waals surface area contributed by atoms with Crippen LogP contribution in [0.3, 0.4) is 0 Å². The molecule has 2 saturated heterocycles. The van der Waals surface area contributed by atoms with Crippen LogP contribution in [0.4, 0.5) is 11.6 Å². The second-order valence-corrected chi connectivity index (χ2v) is 15.3. The number of sulfonamides is 1. The first-order chi connectivity index (χ1) is 24.8. The van der Waals surface area contributed by atoms with Crippen molar-refractivity contribution >= 4 is 51.0 Å². The number of methoxy groups -OCH3 is 1. The third-order valence-corrected chi connectivity index (χ3v) is 11.5. The molecule has 0 spiro atoms. The molecule has 0 radical (unpaired) electrons. The van der Waals surface area contributed by atoms with Gasteiger partial charge in [-0.1, -0.05) is 24.4 Å². The van der Waals surface area contributed by atoms with Gasteiger partial charge in [0.25, 0.3) is 10.0 Å². The van der Waals surface area contributed by atoms with Crippen molar-refractivity contribution in [2.45, 2.75) is 29.8 Å². The maximum Gasteiger partial charge on any atom is 0.264 e. The van der Waals surface area contributed by atoms with Crippen LogP contribution in [0.1, 0.15) is 23.5 Å². The van der Waals surface area contributed by atoms with Crippen LogP contribution in [0.2, 0.25) is 0 Å². The molecule has 7 rings (SSSR count). The molecule has 16 heteroatoms. The number of rotatable bonds is 11. The van der Waals surface area contributed by atoms with Crippen molar-refractivity contribution in [3.05, 3.63) is 66.0 Å². The standard InChI is InChI=1S/C35H44N10O4S2/c1-42-12-14-43(15-13-42)11-4-20-49-30-22-27-28(23-29(30)48-2)40-33-32(27)34(39-24-38-33)45-18-16-44(17-19-45)31(50)21-25-5-7-26(8-6-25)51(46,47)41-35-36-9-3-10-37-35/h3,5-10,22-24,32-33,40H,4,11-21H2,1-2H3,(H,36,37,41). The fourth-order valence-electron chi connectivity index (χ4n) is 6.90. The molecule has 2 unspecified atom stereocenters. The molecule has 4 aliphatic rings. The van der Waals surface area contributed by atoms with E-state index in [0.29, 0.717) is 18.8 Å². The van der Waals surface area contributed by atoms with Crippen LogP contribution >= 0.6 is 12.2 Å². The first-order valence-corrected chi connectivity index (χ1v) is 19.2. The molecule has 0 bridgehead atoms. The Labute approximate surface area is 304 Å². The molecule has 0 aliphatic carbocycles. The predicted octanol–water partition coefficient (Wildman–Crippen LogP) is 2.77. The monoisotopic (exact) mass is 732 g/mol. The minimum absolute atomic E-state index is 0.0267. The fraction of sp³-hybridized carbons (Fsp3) is 0.457. The molecule has 0 saturated carbocycles. The number of nitrogens with zero attached hydrogens (tertiary/aromatic N) is 8. The van der Waals surface area contributed by atoms with Crippen molar-refractivity contribution in [1.29, 1.82) is 0 Å². The van der Waals surface area contributed by atoms with Gasteiger partial charge in [0.05, 0.1) is 29.5 Å². The van der Waals surface area contributed by atoms with Gasteiger partial charge in [-0.3, -0.25) is 0 Å². The van der Waals surface area contributed by atoms with Crippen LogP contribution in [0.25, 0.3) is 0 Å². The highest BCUT2D eigenvalue weighted by atomic mass is 32.2. The second-order valence-electron chi connectivity index (χ2n) is 13.1. The minimum atomic E-state index is -3.80. The number of amidine groups is 1. The lowest BCUT2D eigenvalue weighted by Crippen LogP contribution is -2.53. The van der Waals surface area contributed by atoms with Gasteiger partial charge in [-0.05, 0) is 48.9 Å². The number of aromatic nitrogens is 2. The van der Waals surface area contributed by atoms with Gasteiger partial charge in [0, 0.05) is 89.5 Å². The number of hydrogen-bond acceptors (Lipinski definition) is 13. The lowest BCUT2D eigenvalue weighted by atomic mass is 9.95. The van der Waals surface area contributed by atoms with Crippen molar-refractivity contribution in [3.8, 4) is 11.5 Å². The summed E-state index contributed by atoms with van der Waals surface area (Å²) in [5, 5.41) is 3.57. The van der Waals surface area contributed by atoms with Gasteiger partial charge in [-0.2, -0.15) is 0 Å². The van der Waals surface area contributed by atoms with Crippen LogP contribution in [0.15, 0.2) is 69.7 Å². The van der Waals surface area contributed by atoms with Crippen molar-refractivity contribution in [3.63, 3.8) is 0 Å². The SMILES string of the molecule is COc1cc2c(cc1OCCCN1CCN(C)CC1)C1C(N3CCN(C(=S)Cc4ccc(S(=O)(=O)Nc5ncccn5)cc4)CC3)=NC=NC1N2. The number of thiocarbonyl (C=S) groups is 1. The van der Waals surface area contributed by atoms with Gasteiger partial charge in [-0.25, -0.2) is 33.1 Å². The number of piperazine rings is 2. The highest BCUT2D eigenvalue weighted by Gasteiger charge is 2.41. The highest BCUT2D eigenvalue weighted by Crippen LogP contribution is 2.45. The molecular weight excluding hydrogens is 689 g/mol. The van der Waals surface area contributed by atoms with E-state index in [0.717, 1.165) is 98.7 Å². The molecule has 2 fully saturated rings. The molecule has 3 aromatic rings. The van der Waals surface area contributed by atoms with E-state index in [2.05, 4.69) is 57.7 Å². The third-order valence-electron chi connectivity index (χ3n) is 9.79. The molecule has 51 heavy (non-hydrogen) atoms. The summed E-state index contributed by atoms with van der Waals surface area (Å²) in [6.45, 7) is 9.10. The van der Waals surface area contributed by atoms with E-state index in [1.807, 2.05) is 6.07 Å². The van der Waals surface area contributed by atoms with Gasteiger partial charge in [0.1, 0.15) is 18.3 Å². The van der Waals surface area contributed by atoms with E-state index in [4.69, 9.17) is 26.7 Å². The van der Waals surface area contributed by atoms with E-state index in [-0.39, 0.29) is 22.9 Å². The number of aliphatic imine (C=N–C) groups is 2. The first-order valence-electron chi connectivity index (χ1n) is 17.3. The Bertz CT molecular complexity index is 1860. The van der Waals surface area contributed by atoms with E-state index in [1.54, 1.807) is 43.8 Å². The molecule has 2 N–H and O–H groups in total. The summed E-state index contributed by atoms with van der Waals surface area (Å²) in [7, 11) is 0.0492. The molecule has 2 aromatic carbocycles. The Kier molecular flexibility index (Phi) is 10.6. The zero-order valence-electron chi connectivity index (χ0n) is 28.9. The van der Waals surface area contributed by atoms with E-state index in [1.165, 1.54) is 12.4 Å². The third kappa shape index (κ3) is 8.08. The summed E-state index contributed by atoms with van der Waals surface area (Å²) in [6.07, 6.45) is 5.96. The summed E-state index contributed by atoms with van der Waals surface area (Å²) in [5.41, 5.74) is 3.04. The van der Waals surface area contributed by atoms with E-state index < -0.39 is 10.0 Å². The van der Waals surface area contributed by atoms with Gasteiger partial charge >= 0.3 is 0 Å². The maximum atomic E-state index is 12.8. The van der Waals surface area contributed by atoms with Gasteiger partial charge in [-0.15, -0.1) is 0 Å². The summed E-state index contributed by atoms with van der Waals surface area (Å²) in [4.78, 5) is 27.7. The number of fused-ring (bicyclic) bond motifs is 3. The Morgan fingerprint density at radius 1 is 1.00 bits per heavy atom. The van der Waals surface area contributed by atoms with Gasteiger partial charge in [0.2, 0.25) is 5.95 Å². The van der Waals surface area contributed by atoms with Crippen LogP contribution in [-0.2, 0) is 16.4 Å². The van der Waals surface area contributed by atoms with Crippen molar-refractivity contribution in [2.75, 3.05) is 89.7 Å². The summed E-state index contributed by atoms with van der Waals surface area (Å²) in [6, 6.07) is 12.5. The summed E-state index contributed by atoms with van der Waals surface area (Å²) in [5.74, 6) is 2.43. The Morgan fingerprint density at radius 3 is 2.47 bits per heavy atom. The molecule has 5 heterocycles. The zero-order chi connectivity index (χ0) is 35.4. The van der Waals surface area contributed by atoms with Crippen LogP contribution in [0, 0.1) is 0 Å². The van der Waals surface area contributed by atoms with Crippen LogP contribution in [-0.4, -0.2) is 141 Å². The minimum Gasteiger partial charge on any atom is -0.493 e. The molecule has 0 amide bonds. The number of anilines is 2. The number of benzene rings is 2. The molecule has 2 atom stereocenters. The summed E-state index contributed by atoms with van der Waals surface area (Å²) < 4.78 is 40.0. The number of nitrogens with one attached hydrogen (secondary N) is 2. The lowest BCUT2D eigenvalue weighted by Gasteiger charge is -2.40. The Balaban J connectivity index is 0.943. The second kappa shape index (κ2) is 15.5. The topological polar surface area (TPSA) is 140 Å². The number of likely N-dealkylation sites (N-methyl/N-ethyl adjacent to an activating group) is 1. The molecule has 270 valence electrons. The average Bonchev–Trinajstić information content (AvgIpc) is 3.52. The average molecular weight is 733 g/mol. The van der Waals surface area contributed by atoms with Gasteiger partial charge < -0.3 is 34.4 Å². The van der Waals surface area contributed by atoms with Crippen molar-refractivity contribution < 1.29 is 17.9 Å². The molecule has 14 nitrogen and oxygen atoms in total. The Morgan fingerprint density at radius 2 is 1.75 bits per heavy atom. The quantitative estimate of drug-likeness (QED) is 0.221. The molecule has 1 aromatic heterocycles. The number of ether oxygens (including phenoxy) is 2. The normalized spacial score (nSPS) is 20.6. The maximum absolute atomic E-state index is 12.8. The lowest BCUT2D eigenvalue weighted by molar-refractivity contribution is 0.145. The fourth-order valence-corrected chi connectivity index (χ4v) is 8.21. The van der Waals surface area contributed by atoms with Crippen LogP contribution < -0.4 is 19.5 Å². The van der Waals surface area contributed by atoms with Crippen molar-refractivity contribution in [1.82, 2.24) is 29.6 Å². The van der Waals surface area contributed by atoms with E-state index >= 15 is 0 Å². The smallest absolute Gasteiger partial charge is 0.264 e. The zero-order valence-corrected chi connectivity index (χ0v) is 30.6. The number of hydrogen-bond donors (Lipinski definition) is 2. The molecule has 4 aliphatic heterocycles. The van der Waals surface area contributed by atoms with Crippen LogP contribution in [0.5, 0.6) is 11.5 Å². The summed E-state index contributed by atoms with van der Waals surface area (Å²) >= 11 is 5.86. The van der Waals surface area contributed by atoms with Crippen molar-refractivity contribution in [2.24, 2.45) is 9.98 Å². The Hall–Kier alpha value is -4.38. The molecular formula is C35H44N10O4S2. The predicted molar refractivity (Wildman–Crippen MR) is 202 cm³/mol. The largest absolute Gasteiger partial charge is 0.493 e. The van der Waals surface area contributed by atoms with Gasteiger partial charge in [0.15, 0.2) is 11.5 Å². The van der Waals surface area contributed by atoms with E-state index in [9.17, 15) is 8.42 Å². The highest BCUT2D eigenvalue weighted by molar-refractivity contribution is 7.92.